The van der Waals surface area contributed by atoms with Gasteiger partial charge in [0.2, 0.25) is 0 Å². The van der Waals surface area contributed by atoms with Gasteiger partial charge in [0.25, 0.3) is 0 Å². The first-order valence-corrected chi connectivity index (χ1v) is 8.12. The third kappa shape index (κ3) is 4.47. The van der Waals surface area contributed by atoms with Crippen LogP contribution in [0.25, 0.3) is 0 Å². The van der Waals surface area contributed by atoms with Gasteiger partial charge in [0.1, 0.15) is 5.75 Å². The summed E-state index contributed by atoms with van der Waals surface area (Å²) in [7, 11) is 0. The molecule has 2 heteroatoms. The molecular weight excluding hydrogens is 258 g/mol. The zero-order chi connectivity index (χ0) is 16.4. The van der Waals surface area contributed by atoms with Crippen molar-refractivity contribution in [2.75, 3.05) is 0 Å². The van der Waals surface area contributed by atoms with E-state index in [9.17, 15) is 5.11 Å². The summed E-state index contributed by atoms with van der Waals surface area (Å²) in [5, 5.41) is 10.7. The summed E-state index contributed by atoms with van der Waals surface area (Å²) in [5.41, 5.74) is 9.45. The summed E-state index contributed by atoms with van der Waals surface area (Å²) in [6.45, 7) is 15.2. The number of phenolic OH excluding ortho intramolecular Hbond substituents is 1. The fourth-order valence-electron chi connectivity index (χ4n) is 2.52. The first kappa shape index (κ1) is 18.0. The van der Waals surface area contributed by atoms with E-state index in [1.807, 2.05) is 0 Å². The number of phenols is 1. The molecule has 120 valence electrons. The van der Waals surface area contributed by atoms with Gasteiger partial charge in [0, 0.05) is 11.6 Å². The molecule has 0 unspecified atom stereocenters. The van der Waals surface area contributed by atoms with Gasteiger partial charge in [-0.25, -0.2) is 0 Å². The summed E-state index contributed by atoms with van der Waals surface area (Å²) < 4.78 is 0. The zero-order valence-corrected chi connectivity index (χ0v) is 14.9. The second-order valence-corrected chi connectivity index (χ2v) is 8.21. The number of aromatic hydroxyl groups is 1. The Balaban J connectivity index is 3.42. The molecule has 0 aromatic heterocycles. The smallest absolute Gasteiger partial charge is 0.124 e. The summed E-state index contributed by atoms with van der Waals surface area (Å²) in [4.78, 5) is 0. The van der Waals surface area contributed by atoms with Gasteiger partial charge in [-0.15, -0.1) is 0 Å². The van der Waals surface area contributed by atoms with Crippen LogP contribution in [0, 0.1) is 0 Å². The lowest BCUT2D eigenvalue weighted by molar-refractivity contribution is 0.429. The normalized spacial score (nSPS) is 14.3. The highest BCUT2D eigenvalue weighted by Gasteiger charge is 2.26. The molecule has 0 heterocycles. The fourth-order valence-corrected chi connectivity index (χ4v) is 2.52. The molecule has 0 saturated carbocycles. The van der Waals surface area contributed by atoms with Gasteiger partial charge in [-0.2, -0.15) is 0 Å². The second-order valence-electron chi connectivity index (χ2n) is 8.21. The molecule has 0 fully saturated rings. The van der Waals surface area contributed by atoms with Crippen LogP contribution in [-0.4, -0.2) is 5.11 Å². The minimum absolute atomic E-state index is 0.0485. The predicted octanol–water partition coefficient (Wildman–Crippen LogP) is 5.18. The fraction of sp³-hybridized carbons (Fsp3) is 0.684. The number of hydrogen-bond donors (Lipinski definition) is 2. The predicted molar refractivity (Wildman–Crippen MR) is 92.0 cm³/mol. The maximum Gasteiger partial charge on any atom is 0.124 e. The van der Waals surface area contributed by atoms with Crippen LogP contribution in [0.4, 0.5) is 0 Å². The van der Waals surface area contributed by atoms with Crippen molar-refractivity contribution >= 4 is 0 Å². The monoisotopic (exact) mass is 291 g/mol. The highest BCUT2D eigenvalue weighted by Crippen LogP contribution is 2.40. The van der Waals surface area contributed by atoms with Crippen LogP contribution < -0.4 is 5.73 Å². The second kappa shape index (κ2) is 6.39. The van der Waals surface area contributed by atoms with Crippen molar-refractivity contribution in [2.24, 2.45) is 5.73 Å². The molecule has 0 aliphatic rings. The molecule has 0 spiro atoms. The van der Waals surface area contributed by atoms with Crippen LogP contribution in [0.3, 0.4) is 0 Å². The Morgan fingerprint density at radius 3 is 2.05 bits per heavy atom. The molecule has 1 atom stereocenters. The third-order valence-corrected chi connectivity index (χ3v) is 4.08. The van der Waals surface area contributed by atoms with E-state index in [1.165, 1.54) is 5.56 Å². The Morgan fingerprint density at radius 2 is 1.62 bits per heavy atom. The maximum atomic E-state index is 10.7. The van der Waals surface area contributed by atoms with E-state index in [4.69, 9.17) is 5.73 Å². The zero-order valence-electron chi connectivity index (χ0n) is 14.9. The summed E-state index contributed by atoms with van der Waals surface area (Å²) in [6.07, 6.45) is 3.13. The van der Waals surface area contributed by atoms with Gasteiger partial charge in [0.15, 0.2) is 0 Å². The van der Waals surface area contributed by atoms with E-state index in [0.29, 0.717) is 5.75 Å². The van der Waals surface area contributed by atoms with E-state index < -0.39 is 0 Å². The molecule has 0 amide bonds. The molecule has 1 aromatic rings. The standard InChI is InChI=1S/C19H33NO/c1-8-9-10-16(20)14-11-13(18(2,3)4)12-15(17(14)21)19(5,6)7/h11-12,16,21H,8-10,20H2,1-7H3/t16-/m1/s1. The van der Waals surface area contributed by atoms with Crippen molar-refractivity contribution in [1.82, 2.24) is 0 Å². The molecule has 21 heavy (non-hydrogen) atoms. The quantitative estimate of drug-likeness (QED) is 0.803. The molecular formula is C19H33NO. The molecule has 0 radical (unpaired) electrons. The van der Waals surface area contributed by atoms with Crippen LogP contribution in [0.15, 0.2) is 12.1 Å². The van der Waals surface area contributed by atoms with E-state index in [0.717, 1.165) is 30.4 Å². The Labute approximate surface area is 130 Å². The Bertz CT molecular complexity index is 478. The minimum atomic E-state index is -0.0927. The van der Waals surface area contributed by atoms with Crippen molar-refractivity contribution in [3.63, 3.8) is 0 Å². The van der Waals surface area contributed by atoms with E-state index in [1.54, 1.807) is 0 Å². The van der Waals surface area contributed by atoms with Crippen molar-refractivity contribution in [2.45, 2.75) is 84.6 Å². The van der Waals surface area contributed by atoms with Crippen LogP contribution in [-0.2, 0) is 10.8 Å². The minimum Gasteiger partial charge on any atom is -0.507 e. The van der Waals surface area contributed by atoms with Crippen LogP contribution in [0.5, 0.6) is 5.75 Å². The first-order valence-electron chi connectivity index (χ1n) is 8.12. The van der Waals surface area contributed by atoms with Gasteiger partial charge >= 0.3 is 0 Å². The third-order valence-electron chi connectivity index (χ3n) is 4.08. The molecule has 0 aliphatic carbocycles. The van der Waals surface area contributed by atoms with E-state index >= 15 is 0 Å². The molecule has 3 N–H and O–H groups in total. The molecule has 1 aromatic carbocycles. The van der Waals surface area contributed by atoms with Crippen LogP contribution >= 0.6 is 0 Å². The summed E-state index contributed by atoms with van der Waals surface area (Å²) in [6, 6.07) is 4.16. The molecule has 0 bridgehead atoms. The SMILES string of the molecule is CCCC[C@@H](N)c1cc(C(C)(C)C)cc(C(C)(C)C)c1O. The van der Waals surface area contributed by atoms with Gasteiger partial charge < -0.3 is 10.8 Å². The summed E-state index contributed by atoms with van der Waals surface area (Å²) >= 11 is 0. The average Bonchev–Trinajstić information content (AvgIpc) is 2.33. The van der Waals surface area contributed by atoms with Gasteiger partial charge in [-0.1, -0.05) is 67.4 Å². The number of hydrogen-bond acceptors (Lipinski definition) is 2. The highest BCUT2D eigenvalue weighted by atomic mass is 16.3. The lowest BCUT2D eigenvalue weighted by Crippen LogP contribution is -2.20. The van der Waals surface area contributed by atoms with Gasteiger partial charge in [-0.05, 0) is 34.4 Å². The average molecular weight is 291 g/mol. The van der Waals surface area contributed by atoms with Crippen LogP contribution in [0.2, 0.25) is 0 Å². The van der Waals surface area contributed by atoms with Crippen molar-refractivity contribution in [3.8, 4) is 5.75 Å². The number of unbranched alkanes of at least 4 members (excludes halogenated alkanes) is 1. The topological polar surface area (TPSA) is 46.2 Å². The van der Waals surface area contributed by atoms with Gasteiger partial charge in [-0.3, -0.25) is 0 Å². The van der Waals surface area contributed by atoms with Crippen molar-refractivity contribution in [3.05, 3.63) is 28.8 Å². The molecule has 1 rings (SSSR count). The maximum absolute atomic E-state index is 10.7. The first-order chi connectivity index (χ1) is 9.48. The van der Waals surface area contributed by atoms with E-state index in [-0.39, 0.29) is 16.9 Å². The Hall–Kier alpha value is -1.02. The lowest BCUT2D eigenvalue weighted by atomic mass is 9.78. The van der Waals surface area contributed by atoms with Crippen molar-refractivity contribution in [1.29, 1.82) is 0 Å². The highest BCUT2D eigenvalue weighted by molar-refractivity contribution is 5.49. The summed E-state index contributed by atoms with van der Waals surface area (Å²) in [5.74, 6) is 0.388. The van der Waals surface area contributed by atoms with Crippen molar-refractivity contribution < 1.29 is 5.11 Å². The van der Waals surface area contributed by atoms with Gasteiger partial charge in [0.05, 0.1) is 0 Å². The van der Waals surface area contributed by atoms with Crippen LogP contribution in [0.1, 0.15) is 90.5 Å². The number of benzene rings is 1. The lowest BCUT2D eigenvalue weighted by Gasteiger charge is -2.29. The molecule has 2 nitrogen and oxygen atoms in total. The Morgan fingerprint density at radius 1 is 1.05 bits per heavy atom. The number of nitrogens with two attached hydrogens (primary N) is 1. The largest absolute Gasteiger partial charge is 0.507 e. The number of rotatable bonds is 4. The Kier molecular flexibility index (Phi) is 5.49. The van der Waals surface area contributed by atoms with E-state index in [2.05, 4.69) is 60.6 Å². The molecule has 0 saturated heterocycles. The molecule has 0 aliphatic heterocycles.